The molecule has 2 aliphatic rings. The zero-order chi connectivity index (χ0) is 22.1. The number of carbonyl (C=O) groups excluding carboxylic acids is 3. The Bertz CT molecular complexity index is 1110. The van der Waals surface area contributed by atoms with Crippen LogP contribution in [-0.4, -0.2) is 70.1 Å². The summed E-state index contributed by atoms with van der Waals surface area (Å²) in [7, 11) is 0. The molecule has 1 saturated heterocycles. The Hall–Kier alpha value is -3.30. The molecular weight excluding hydrogens is 428 g/mol. The molecule has 0 N–H and O–H groups in total. The van der Waals surface area contributed by atoms with Gasteiger partial charge in [0.1, 0.15) is 10.7 Å². The number of hydrogen-bond donors (Lipinski definition) is 0. The Morgan fingerprint density at radius 1 is 1.00 bits per heavy atom. The molecule has 2 aromatic heterocycles. The Morgan fingerprint density at radius 2 is 1.72 bits per heavy atom. The van der Waals surface area contributed by atoms with Gasteiger partial charge >= 0.3 is 0 Å². The fourth-order valence-corrected chi connectivity index (χ4v) is 4.90. The van der Waals surface area contributed by atoms with Crippen molar-refractivity contribution in [1.82, 2.24) is 19.7 Å². The quantitative estimate of drug-likeness (QED) is 0.537. The van der Waals surface area contributed by atoms with Gasteiger partial charge in [0.25, 0.3) is 11.8 Å². The van der Waals surface area contributed by atoms with Crippen LogP contribution in [-0.2, 0) is 11.3 Å². The average molecular weight is 451 g/mol. The van der Waals surface area contributed by atoms with Gasteiger partial charge in [-0.1, -0.05) is 12.1 Å². The fourth-order valence-electron chi connectivity index (χ4n) is 4.08. The predicted octanol–water partition coefficient (Wildman–Crippen LogP) is 2.73. The summed E-state index contributed by atoms with van der Waals surface area (Å²) < 4.78 is 5.40. The maximum Gasteiger partial charge on any atom is 0.261 e. The van der Waals surface area contributed by atoms with Crippen molar-refractivity contribution in [3.8, 4) is 11.5 Å². The van der Waals surface area contributed by atoms with Gasteiger partial charge in [0, 0.05) is 44.5 Å². The number of fused-ring (bicyclic) bond motifs is 1. The largest absolute Gasteiger partial charge is 0.463 e. The molecule has 3 aromatic rings. The molecule has 164 valence electrons. The van der Waals surface area contributed by atoms with Crippen molar-refractivity contribution in [2.24, 2.45) is 0 Å². The summed E-state index contributed by atoms with van der Waals surface area (Å²) in [6.45, 7) is 3.61. The molecule has 3 amide bonds. The summed E-state index contributed by atoms with van der Waals surface area (Å²) in [6.07, 6.45) is 1.78. The first-order chi connectivity index (χ1) is 15.6. The molecule has 5 rings (SSSR count). The first-order valence-corrected chi connectivity index (χ1v) is 11.4. The molecule has 0 atom stereocenters. The van der Waals surface area contributed by atoms with Crippen molar-refractivity contribution in [3.63, 3.8) is 0 Å². The van der Waals surface area contributed by atoms with Crippen LogP contribution in [0.2, 0.25) is 0 Å². The highest BCUT2D eigenvalue weighted by Gasteiger charge is 2.35. The molecule has 32 heavy (non-hydrogen) atoms. The lowest BCUT2D eigenvalue weighted by Gasteiger charge is -2.34. The number of benzene rings is 1. The van der Waals surface area contributed by atoms with E-state index in [4.69, 9.17) is 4.42 Å². The number of hydrogen-bond acceptors (Lipinski definition) is 7. The number of furan rings is 1. The Balaban J connectivity index is 1.10. The van der Waals surface area contributed by atoms with Gasteiger partial charge in [-0.3, -0.25) is 24.2 Å². The second-order valence-corrected chi connectivity index (χ2v) is 8.76. The van der Waals surface area contributed by atoms with Crippen LogP contribution < -0.4 is 0 Å². The summed E-state index contributed by atoms with van der Waals surface area (Å²) in [5.74, 6) is 0.0951. The number of rotatable bonds is 6. The Kier molecular flexibility index (Phi) is 5.59. The van der Waals surface area contributed by atoms with Gasteiger partial charge in [0.15, 0.2) is 5.76 Å². The smallest absolute Gasteiger partial charge is 0.261 e. The molecule has 0 unspecified atom stereocenters. The number of amides is 3. The fraction of sp³-hybridized carbons (Fsp3) is 0.304. The SMILES string of the molecule is O=C(CCN1C(=O)c2ccccc2C1=O)N1CCN(Cc2nc(-c3ccco3)cs2)CC1. The van der Waals surface area contributed by atoms with Crippen LogP contribution in [0.15, 0.2) is 52.5 Å². The zero-order valence-electron chi connectivity index (χ0n) is 17.4. The summed E-state index contributed by atoms with van der Waals surface area (Å²) in [5, 5.41) is 3.01. The number of nitrogens with zero attached hydrogens (tertiary/aromatic N) is 4. The molecule has 1 fully saturated rings. The van der Waals surface area contributed by atoms with Gasteiger partial charge in [-0.2, -0.15) is 0 Å². The summed E-state index contributed by atoms with van der Waals surface area (Å²) in [4.78, 5) is 47.5. The number of aromatic nitrogens is 1. The Morgan fingerprint density at radius 3 is 2.38 bits per heavy atom. The third kappa shape index (κ3) is 3.96. The molecular formula is C23H22N4O4S. The second-order valence-electron chi connectivity index (χ2n) is 7.82. The number of imide groups is 1. The van der Waals surface area contributed by atoms with Crippen LogP contribution in [0.5, 0.6) is 0 Å². The normalized spacial score (nSPS) is 16.6. The molecule has 0 bridgehead atoms. The summed E-state index contributed by atoms with van der Waals surface area (Å²) in [6, 6.07) is 10.5. The third-order valence-corrected chi connectivity index (χ3v) is 6.67. The van der Waals surface area contributed by atoms with E-state index in [2.05, 4.69) is 9.88 Å². The van der Waals surface area contributed by atoms with E-state index in [-0.39, 0.29) is 30.7 Å². The maximum absolute atomic E-state index is 12.7. The number of carbonyl (C=O) groups is 3. The average Bonchev–Trinajstić information content (AvgIpc) is 3.55. The van der Waals surface area contributed by atoms with Gasteiger partial charge in [0.2, 0.25) is 5.91 Å². The van der Waals surface area contributed by atoms with Crippen molar-refractivity contribution in [3.05, 3.63) is 64.2 Å². The molecule has 0 saturated carbocycles. The van der Waals surface area contributed by atoms with Gasteiger partial charge in [-0.15, -0.1) is 11.3 Å². The minimum atomic E-state index is -0.319. The van der Waals surface area contributed by atoms with Gasteiger partial charge in [0.05, 0.1) is 23.9 Å². The van der Waals surface area contributed by atoms with Crippen LogP contribution in [0.3, 0.4) is 0 Å². The third-order valence-electron chi connectivity index (χ3n) is 5.84. The number of thiazole rings is 1. The number of piperazine rings is 1. The van der Waals surface area contributed by atoms with E-state index in [1.54, 1.807) is 41.9 Å². The van der Waals surface area contributed by atoms with Crippen molar-refractivity contribution in [1.29, 1.82) is 0 Å². The van der Waals surface area contributed by atoms with E-state index in [0.717, 1.165) is 36.1 Å². The zero-order valence-corrected chi connectivity index (χ0v) is 18.2. The van der Waals surface area contributed by atoms with Crippen molar-refractivity contribution < 1.29 is 18.8 Å². The van der Waals surface area contributed by atoms with Gasteiger partial charge in [-0.25, -0.2) is 4.98 Å². The van der Waals surface area contributed by atoms with Crippen molar-refractivity contribution >= 4 is 29.1 Å². The van der Waals surface area contributed by atoms with E-state index in [1.165, 1.54) is 4.90 Å². The molecule has 9 heteroatoms. The van der Waals surface area contributed by atoms with Crippen LogP contribution in [0.4, 0.5) is 0 Å². The molecule has 1 aromatic carbocycles. The summed E-state index contributed by atoms with van der Waals surface area (Å²) >= 11 is 1.60. The van der Waals surface area contributed by atoms with Crippen LogP contribution in [0.1, 0.15) is 32.1 Å². The molecule has 0 radical (unpaired) electrons. The Labute approximate surface area is 189 Å². The monoisotopic (exact) mass is 450 g/mol. The molecule has 4 heterocycles. The van der Waals surface area contributed by atoms with Crippen LogP contribution in [0.25, 0.3) is 11.5 Å². The topological polar surface area (TPSA) is 87.0 Å². The van der Waals surface area contributed by atoms with Crippen molar-refractivity contribution in [2.45, 2.75) is 13.0 Å². The first-order valence-electron chi connectivity index (χ1n) is 10.5. The van der Waals surface area contributed by atoms with Crippen LogP contribution in [0, 0.1) is 0 Å². The van der Waals surface area contributed by atoms with E-state index in [1.807, 2.05) is 22.4 Å². The molecule has 8 nitrogen and oxygen atoms in total. The van der Waals surface area contributed by atoms with Gasteiger partial charge in [-0.05, 0) is 24.3 Å². The summed E-state index contributed by atoms with van der Waals surface area (Å²) in [5.41, 5.74) is 1.67. The maximum atomic E-state index is 12.7. The van der Waals surface area contributed by atoms with E-state index in [9.17, 15) is 14.4 Å². The predicted molar refractivity (Wildman–Crippen MR) is 118 cm³/mol. The molecule has 2 aliphatic heterocycles. The van der Waals surface area contributed by atoms with Gasteiger partial charge < -0.3 is 9.32 Å². The van der Waals surface area contributed by atoms with E-state index < -0.39 is 0 Å². The highest BCUT2D eigenvalue weighted by Crippen LogP contribution is 2.24. The first kappa shape index (κ1) is 20.6. The minimum Gasteiger partial charge on any atom is -0.463 e. The lowest BCUT2D eigenvalue weighted by molar-refractivity contribution is -0.133. The second kappa shape index (κ2) is 8.68. The lowest BCUT2D eigenvalue weighted by Crippen LogP contribution is -2.49. The van der Waals surface area contributed by atoms with Crippen LogP contribution >= 0.6 is 11.3 Å². The van der Waals surface area contributed by atoms with E-state index >= 15 is 0 Å². The molecule has 0 aliphatic carbocycles. The lowest BCUT2D eigenvalue weighted by atomic mass is 10.1. The highest BCUT2D eigenvalue weighted by atomic mass is 32.1. The van der Waals surface area contributed by atoms with E-state index in [0.29, 0.717) is 24.2 Å². The van der Waals surface area contributed by atoms with Crippen molar-refractivity contribution in [2.75, 3.05) is 32.7 Å². The highest BCUT2D eigenvalue weighted by molar-refractivity contribution is 7.09. The standard InChI is InChI=1S/C23H22N4O4S/c28-21(7-8-27-22(29)16-4-1-2-5-17(16)23(27)30)26-11-9-25(10-12-26)14-20-24-18(15-32-20)19-6-3-13-31-19/h1-6,13,15H,7-12,14H2. The minimum absolute atomic E-state index is 0.0319. The molecule has 0 spiro atoms.